The number of benzene rings is 1. The summed E-state index contributed by atoms with van der Waals surface area (Å²) in [6.45, 7) is 0. The molecule has 1 unspecified atom stereocenters. The number of sulfone groups is 1. The first-order valence-corrected chi connectivity index (χ1v) is 7.50. The highest BCUT2D eigenvalue weighted by atomic mass is 32.2. The molecule has 3 rings (SSSR count). The predicted molar refractivity (Wildman–Crippen MR) is 69.0 cm³/mol. The lowest BCUT2D eigenvalue weighted by molar-refractivity contribution is 0.588. The molecular formula is C11H8F2N2O2S2. The molecule has 100 valence electrons. The monoisotopic (exact) mass is 302 g/mol. The van der Waals surface area contributed by atoms with Crippen LogP contribution in [0.1, 0.15) is 6.04 Å². The van der Waals surface area contributed by atoms with Gasteiger partial charge in [0.2, 0.25) is 0 Å². The van der Waals surface area contributed by atoms with Gasteiger partial charge in [-0.1, -0.05) is 0 Å². The van der Waals surface area contributed by atoms with E-state index < -0.39 is 27.5 Å². The van der Waals surface area contributed by atoms with E-state index in [4.69, 9.17) is 12.2 Å². The molecular weight excluding hydrogens is 294 g/mol. The summed E-state index contributed by atoms with van der Waals surface area (Å²) >= 11 is 5.06. The molecule has 0 spiro atoms. The summed E-state index contributed by atoms with van der Waals surface area (Å²) in [5.74, 6) is -1.66. The fourth-order valence-electron chi connectivity index (χ4n) is 2.20. The number of hydrogen-bond acceptors (Lipinski definition) is 3. The zero-order chi connectivity index (χ0) is 13.8. The van der Waals surface area contributed by atoms with Crippen molar-refractivity contribution in [1.29, 1.82) is 0 Å². The highest BCUT2D eigenvalue weighted by Crippen LogP contribution is 2.27. The lowest BCUT2D eigenvalue weighted by atomic mass is 10.2. The number of nitrogens with zero attached hydrogens (tertiary/aromatic N) is 1. The van der Waals surface area contributed by atoms with Gasteiger partial charge in [-0.05, 0) is 24.4 Å². The van der Waals surface area contributed by atoms with Gasteiger partial charge in [-0.15, -0.1) is 0 Å². The third-order valence-corrected chi connectivity index (χ3v) is 4.66. The van der Waals surface area contributed by atoms with Crippen molar-refractivity contribution in [2.45, 2.75) is 6.04 Å². The average molecular weight is 302 g/mol. The third kappa shape index (κ3) is 2.00. The topological polar surface area (TPSA) is 54.9 Å². The van der Waals surface area contributed by atoms with Gasteiger partial charge in [0.1, 0.15) is 11.3 Å². The van der Waals surface area contributed by atoms with E-state index in [0.29, 0.717) is 0 Å². The molecule has 0 radical (unpaired) electrons. The lowest BCUT2D eigenvalue weighted by Gasteiger charge is -2.10. The molecule has 0 amide bonds. The standard InChI is InChI=1S/C11H8F2N2O2S2/c12-6-3-8(13)10-9(4-6)15(11(18)14-10)7-1-2-19(16,17)5-7/h1-4,7H,5H2,(H,14,18). The van der Waals surface area contributed by atoms with Gasteiger partial charge in [0.05, 0.1) is 17.3 Å². The molecule has 0 fully saturated rings. The Morgan fingerprint density at radius 2 is 2.11 bits per heavy atom. The van der Waals surface area contributed by atoms with Crippen LogP contribution < -0.4 is 0 Å². The molecule has 19 heavy (non-hydrogen) atoms. The molecule has 0 aliphatic carbocycles. The van der Waals surface area contributed by atoms with Crippen LogP contribution in [0.3, 0.4) is 0 Å². The van der Waals surface area contributed by atoms with E-state index in [1.807, 2.05) is 0 Å². The summed E-state index contributed by atoms with van der Waals surface area (Å²) in [4.78, 5) is 2.63. The second-order valence-corrected chi connectivity index (χ2v) is 6.63. The average Bonchev–Trinajstić information content (AvgIpc) is 2.78. The smallest absolute Gasteiger partial charge is 0.178 e. The van der Waals surface area contributed by atoms with E-state index in [0.717, 1.165) is 17.5 Å². The summed E-state index contributed by atoms with van der Waals surface area (Å²) in [7, 11) is -3.28. The molecule has 0 bridgehead atoms. The molecule has 1 aliphatic heterocycles. The number of H-pyrrole nitrogens is 1. The number of hydrogen-bond donors (Lipinski definition) is 1. The summed E-state index contributed by atoms with van der Waals surface area (Å²) in [5, 5.41) is 1.09. The van der Waals surface area contributed by atoms with Crippen molar-refractivity contribution >= 4 is 33.1 Å². The second-order valence-electron chi connectivity index (χ2n) is 4.31. The minimum atomic E-state index is -3.28. The molecule has 8 heteroatoms. The van der Waals surface area contributed by atoms with E-state index in [1.165, 1.54) is 10.6 Å². The molecule has 2 aromatic rings. The molecule has 0 saturated heterocycles. The van der Waals surface area contributed by atoms with Crippen molar-refractivity contribution in [2.75, 3.05) is 5.75 Å². The fourth-order valence-corrected chi connectivity index (χ4v) is 3.80. The normalized spacial score (nSPS) is 21.3. The Morgan fingerprint density at radius 3 is 2.74 bits per heavy atom. The van der Waals surface area contributed by atoms with Crippen LogP contribution in [-0.4, -0.2) is 23.7 Å². The summed E-state index contributed by atoms with van der Waals surface area (Å²) in [5.41, 5.74) is 0.290. The van der Waals surface area contributed by atoms with Crippen LogP contribution in [0.4, 0.5) is 8.78 Å². The van der Waals surface area contributed by atoms with Gasteiger partial charge in [0, 0.05) is 11.5 Å². The number of halogens is 2. The highest BCUT2D eigenvalue weighted by molar-refractivity contribution is 7.94. The van der Waals surface area contributed by atoms with Gasteiger partial charge in [-0.25, -0.2) is 17.2 Å². The van der Waals surface area contributed by atoms with Crippen LogP contribution in [0.15, 0.2) is 23.6 Å². The molecule has 1 N–H and O–H groups in total. The molecule has 1 aromatic heterocycles. The third-order valence-electron chi connectivity index (χ3n) is 2.99. The lowest BCUT2D eigenvalue weighted by Crippen LogP contribution is -2.11. The van der Waals surface area contributed by atoms with Crippen molar-refractivity contribution in [3.05, 3.63) is 40.0 Å². The highest BCUT2D eigenvalue weighted by Gasteiger charge is 2.25. The van der Waals surface area contributed by atoms with E-state index in [1.54, 1.807) is 0 Å². The van der Waals surface area contributed by atoms with Crippen molar-refractivity contribution < 1.29 is 17.2 Å². The Labute approximate surface area is 112 Å². The van der Waals surface area contributed by atoms with Crippen molar-refractivity contribution in [1.82, 2.24) is 9.55 Å². The minimum Gasteiger partial charge on any atom is -0.328 e. The number of allylic oxidation sites excluding steroid dienone is 1. The van der Waals surface area contributed by atoms with Crippen molar-refractivity contribution in [3.63, 3.8) is 0 Å². The van der Waals surface area contributed by atoms with Crippen LogP contribution in [-0.2, 0) is 9.84 Å². The van der Waals surface area contributed by atoms with E-state index in [2.05, 4.69) is 4.98 Å². The Morgan fingerprint density at radius 1 is 1.37 bits per heavy atom. The van der Waals surface area contributed by atoms with Crippen LogP contribution >= 0.6 is 12.2 Å². The van der Waals surface area contributed by atoms with E-state index >= 15 is 0 Å². The van der Waals surface area contributed by atoms with Gasteiger partial charge in [-0.3, -0.25) is 0 Å². The van der Waals surface area contributed by atoms with Gasteiger partial charge in [-0.2, -0.15) is 0 Å². The molecule has 4 nitrogen and oxygen atoms in total. The zero-order valence-electron chi connectivity index (χ0n) is 9.43. The largest absolute Gasteiger partial charge is 0.328 e. The number of fused-ring (bicyclic) bond motifs is 1. The summed E-state index contributed by atoms with van der Waals surface area (Å²) < 4.78 is 51.3. The first kappa shape index (κ1) is 12.5. The quantitative estimate of drug-likeness (QED) is 0.823. The van der Waals surface area contributed by atoms with Crippen LogP contribution in [0.2, 0.25) is 0 Å². The zero-order valence-corrected chi connectivity index (χ0v) is 11.1. The molecule has 1 aromatic carbocycles. The second kappa shape index (κ2) is 3.97. The number of aromatic nitrogens is 2. The Balaban J connectivity index is 2.28. The van der Waals surface area contributed by atoms with Gasteiger partial charge < -0.3 is 9.55 Å². The first-order valence-electron chi connectivity index (χ1n) is 5.37. The maximum Gasteiger partial charge on any atom is 0.178 e. The van der Waals surface area contributed by atoms with Crippen LogP contribution in [0.25, 0.3) is 11.0 Å². The molecule has 1 atom stereocenters. The maximum absolute atomic E-state index is 13.6. The Hall–Kier alpha value is -1.54. The Kier molecular flexibility index (Phi) is 2.61. The van der Waals surface area contributed by atoms with Crippen LogP contribution in [0.5, 0.6) is 0 Å². The van der Waals surface area contributed by atoms with Crippen molar-refractivity contribution in [3.8, 4) is 0 Å². The number of imidazole rings is 1. The molecule has 0 saturated carbocycles. The number of nitrogens with one attached hydrogen (secondary N) is 1. The van der Waals surface area contributed by atoms with Crippen LogP contribution in [0, 0.1) is 16.4 Å². The predicted octanol–water partition coefficient (Wildman–Crippen LogP) is 2.46. The van der Waals surface area contributed by atoms with Gasteiger partial charge >= 0.3 is 0 Å². The summed E-state index contributed by atoms with van der Waals surface area (Å²) in [6, 6.07) is 1.33. The summed E-state index contributed by atoms with van der Waals surface area (Å²) in [6.07, 6.45) is 1.46. The SMILES string of the molecule is O=S1(=O)C=CC(n2c(=S)[nH]c3c(F)cc(F)cc32)C1. The van der Waals surface area contributed by atoms with E-state index in [-0.39, 0.29) is 21.6 Å². The molecule has 1 aliphatic rings. The maximum atomic E-state index is 13.6. The van der Waals surface area contributed by atoms with Crippen molar-refractivity contribution in [2.24, 2.45) is 0 Å². The number of rotatable bonds is 1. The fraction of sp³-hybridized carbons (Fsp3) is 0.182. The van der Waals surface area contributed by atoms with Gasteiger partial charge in [0.25, 0.3) is 0 Å². The first-order chi connectivity index (χ1) is 8.87. The van der Waals surface area contributed by atoms with Gasteiger partial charge in [0.15, 0.2) is 20.4 Å². The van der Waals surface area contributed by atoms with E-state index in [9.17, 15) is 17.2 Å². The number of aromatic amines is 1. The minimum absolute atomic E-state index is 0.0732. The molecule has 2 heterocycles. The Bertz CT molecular complexity index is 865.